The summed E-state index contributed by atoms with van der Waals surface area (Å²) in [6, 6.07) is 8.14. The molecule has 1 fully saturated rings. The third-order valence-electron chi connectivity index (χ3n) is 4.62. The Morgan fingerprint density at radius 3 is 2.65 bits per heavy atom. The van der Waals surface area contributed by atoms with E-state index in [9.17, 15) is 5.11 Å². The maximum absolute atomic E-state index is 10.5. The van der Waals surface area contributed by atoms with E-state index in [4.69, 9.17) is 4.42 Å². The monoisotopic (exact) mass is 272 g/mol. The highest BCUT2D eigenvalue weighted by Gasteiger charge is 2.20. The van der Waals surface area contributed by atoms with E-state index in [0.29, 0.717) is 5.92 Å². The second-order valence-corrected chi connectivity index (χ2v) is 6.25. The summed E-state index contributed by atoms with van der Waals surface area (Å²) in [5.74, 6) is 1.39. The molecule has 2 nitrogen and oxygen atoms in total. The summed E-state index contributed by atoms with van der Waals surface area (Å²) in [7, 11) is 0. The van der Waals surface area contributed by atoms with E-state index < -0.39 is 6.10 Å². The molecule has 1 aromatic heterocycles. The number of fused-ring (bicyclic) bond motifs is 1. The van der Waals surface area contributed by atoms with Gasteiger partial charge in [0.15, 0.2) is 0 Å². The molecule has 2 heteroatoms. The second kappa shape index (κ2) is 6.01. The quantitative estimate of drug-likeness (QED) is 0.785. The van der Waals surface area contributed by atoms with Crippen molar-refractivity contribution in [2.24, 2.45) is 5.92 Å². The minimum Gasteiger partial charge on any atom is -0.458 e. The maximum atomic E-state index is 10.5. The highest BCUT2D eigenvalue weighted by molar-refractivity contribution is 5.80. The van der Waals surface area contributed by atoms with Crippen LogP contribution < -0.4 is 0 Å². The van der Waals surface area contributed by atoms with Gasteiger partial charge in [0.05, 0.1) is 0 Å². The van der Waals surface area contributed by atoms with Gasteiger partial charge in [-0.1, -0.05) is 56.7 Å². The number of aliphatic hydroxyl groups excluding tert-OH is 1. The van der Waals surface area contributed by atoms with Gasteiger partial charge >= 0.3 is 0 Å². The van der Waals surface area contributed by atoms with E-state index in [1.165, 1.54) is 38.5 Å². The first-order chi connectivity index (χ1) is 9.74. The Labute approximate surface area is 120 Å². The molecule has 108 valence electrons. The van der Waals surface area contributed by atoms with Crippen molar-refractivity contribution in [3.63, 3.8) is 0 Å². The summed E-state index contributed by atoms with van der Waals surface area (Å²) in [4.78, 5) is 0. The first-order valence-electron chi connectivity index (χ1n) is 7.91. The largest absolute Gasteiger partial charge is 0.458 e. The number of benzene rings is 1. The number of aliphatic hydroxyl groups is 1. The predicted octanol–water partition coefficient (Wildman–Crippen LogP) is 5.14. The lowest BCUT2D eigenvalue weighted by atomic mass is 9.93. The van der Waals surface area contributed by atoms with Gasteiger partial charge in [0, 0.05) is 5.39 Å². The summed E-state index contributed by atoms with van der Waals surface area (Å²) < 4.78 is 5.88. The van der Waals surface area contributed by atoms with Crippen LogP contribution in [0.3, 0.4) is 0 Å². The van der Waals surface area contributed by atoms with Crippen LogP contribution in [0.2, 0.25) is 0 Å². The Morgan fingerprint density at radius 1 is 1.20 bits per heavy atom. The van der Waals surface area contributed by atoms with Crippen molar-refractivity contribution in [1.82, 2.24) is 0 Å². The van der Waals surface area contributed by atoms with Crippen LogP contribution in [0.1, 0.15) is 62.4 Å². The summed E-state index contributed by atoms with van der Waals surface area (Å²) in [5.41, 5.74) is 2.05. The zero-order valence-electron chi connectivity index (χ0n) is 12.3. The minimum atomic E-state index is -0.454. The molecule has 1 aliphatic rings. The molecule has 1 saturated carbocycles. The summed E-state index contributed by atoms with van der Waals surface area (Å²) in [5, 5.41) is 11.6. The van der Waals surface area contributed by atoms with E-state index in [0.717, 1.165) is 28.7 Å². The van der Waals surface area contributed by atoms with E-state index >= 15 is 0 Å². The van der Waals surface area contributed by atoms with Gasteiger partial charge in [-0.15, -0.1) is 0 Å². The number of hydrogen-bond donors (Lipinski definition) is 1. The minimum absolute atomic E-state index is 0.454. The topological polar surface area (TPSA) is 33.4 Å². The number of hydrogen-bond acceptors (Lipinski definition) is 2. The summed E-state index contributed by atoms with van der Waals surface area (Å²) in [6.45, 7) is 2.05. The fourth-order valence-corrected chi connectivity index (χ4v) is 3.42. The van der Waals surface area contributed by atoms with Crippen molar-refractivity contribution >= 4 is 11.0 Å². The third-order valence-corrected chi connectivity index (χ3v) is 4.62. The lowest BCUT2D eigenvalue weighted by Crippen LogP contribution is -2.06. The molecule has 3 rings (SSSR count). The van der Waals surface area contributed by atoms with Crippen molar-refractivity contribution in [3.8, 4) is 0 Å². The average molecular weight is 272 g/mol. The third kappa shape index (κ3) is 2.90. The molecule has 1 unspecified atom stereocenters. The molecule has 0 aliphatic heterocycles. The van der Waals surface area contributed by atoms with Gasteiger partial charge in [-0.25, -0.2) is 0 Å². The number of furan rings is 1. The molecule has 2 aromatic rings. The molecular formula is C18H24O2. The van der Waals surface area contributed by atoms with Crippen LogP contribution in [0.4, 0.5) is 0 Å². The van der Waals surface area contributed by atoms with E-state index in [2.05, 4.69) is 0 Å². The van der Waals surface area contributed by atoms with Gasteiger partial charge in [0.1, 0.15) is 17.4 Å². The lowest BCUT2D eigenvalue weighted by molar-refractivity contribution is 0.117. The maximum Gasteiger partial charge on any atom is 0.137 e. The van der Waals surface area contributed by atoms with Crippen LogP contribution in [0.5, 0.6) is 0 Å². The highest BCUT2D eigenvalue weighted by atomic mass is 16.4. The van der Waals surface area contributed by atoms with Crippen molar-refractivity contribution < 1.29 is 9.52 Å². The Bertz CT molecular complexity index is 562. The Morgan fingerprint density at radius 2 is 1.95 bits per heavy atom. The Hall–Kier alpha value is -1.28. The van der Waals surface area contributed by atoms with E-state index in [1.807, 2.05) is 31.2 Å². The summed E-state index contributed by atoms with van der Waals surface area (Å²) in [6.07, 6.45) is 8.26. The van der Waals surface area contributed by atoms with Gasteiger partial charge in [-0.05, 0) is 30.9 Å². The number of aryl methyl sites for hydroxylation is 1. The molecule has 0 amide bonds. The second-order valence-electron chi connectivity index (χ2n) is 6.25. The number of rotatable bonds is 3. The van der Waals surface area contributed by atoms with Gasteiger partial charge in [-0.2, -0.15) is 0 Å². The Balaban J connectivity index is 1.74. The van der Waals surface area contributed by atoms with Crippen LogP contribution >= 0.6 is 0 Å². The SMILES string of the molecule is Cc1cccc2cc(C(O)CC3CCCCCC3)oc12. The molecule has 1 aromatic carbocycles. The molecule has 1 aliphatic carbocycles. The standard InChI is InChI=1S/C18H24O2/c1-13-7-6-10-15-12-17(20-18(13)15)16(19)11-14-8-4-2-3-5-9-14/h6-7,10,12,14,16,19H,2-5,8-9,11H2,1H3. The molecule has 1 heterocycles. The molecular weight excluding hydrogens is 248 g/mol. The average Bonchev–Trinajstić information content (AvgIpc) is 2.72. The molecule has 20 heavy (non-hydrogen) atoms. The molecule has 1 atom stereocenters. The normalized spacial score (nSPS) is 19.1. The van der Waals surface area contributed by atoms with Crippen LogP contribution in [0.15, 0.2) is 28.7 Å². The molecule has 0 radical (unpaired) electrons. The zero-order chi connectivity index (χ0) is 13.9. The van der Waals surface area contributed by atoms with Crippen molar-refractivity contribution in [1.29, 1.82) is 0 Å². The van der Waals surface area contributed by atoms with Gasteiger partial charge in [0.25, 0.3) is 0 Å². The molecule has 0 spiro atoms. The summed E-state index contributed by atoms with van der Waals surface area (Å²) >= 11 is 0. The zero-order valence-corrected chi connectivity index (χ0v) is 12.3. The van der Waals surface area contributed by atoms with Crippen molar-refractivity contribution in [2.75, 3.05) is 0 Å². The Kier molecular flexibility index (Phi) is 4.11. The van der Waals surface area contributed by atoms with Crippen LogP contribution in [-0.2, 0) is 0 Å². The first-order valence-corrected chi connectivity index (χ1v) is 7.91. The predicted molar refractivity (Wildman–Crippen MR) is 81.7 cm³/mol. The van der Waals surface area contributed by atoms with E-state index in [-0.39, 0.29) is 0 Å². The van der Waals surface area contributed by atoms with Gasteiger partial charge < -0.3 is 9.52 Å². The molecule has 0 bridgehead atoms. The van der Waals surface area contributed by atoms with Crippen LogP contribution in [-0.4, -0.2) is 5.11 Å². The molecule has 0 saturated heterocycles. The van der Waals surface area contributed by atoms with Crippen molar-refractivity contribution in [3.05, 3.63) is 35.6 Å². The molecule has 1 N–H and O–H groups in total. The highest BCUT2D eigenvalue weighted by Crippen LogP contribution is 2.33. The fourth-order valence-electron chi connectivity index (χ4n) is 3.42. The smallest absolute Gasteiger partial charge is 0.137 e. The van der Waals surface area contributed by atoms with Gasteiger partial charge in [-0.3, -0.25) is 0 Å². The van der Waals surface area contributed by atoms with Crippen molar-refractivity contribution in [2.45, 2.75) is 58.0 Å². The van der Waals surface area contributed by atoms with E-state index in [1.54, 1.807) is 0 Å². The fraction of sp³-hybridized carbons (Fsp3) is 0.556. The van der Waals surface area contributed by atoms with Crippen LogP contribution in [0.25, 0.3) is 11.0 Å². The van der Waals surface area contributed by atoms with Crippen LogP contribution in [0, 0.1) is 12.8 Å². The van der Waals surface area contributed by atoms with Gasteiger partial charge in [0.2, 0.25) is 0 Å². The lowest BCUT2D eigenvalue weighted by Gasteiger charge is -2.16. The first kappa shape index (κ1) is 13.7. The number of para-hydroxylation sites is 1.